The van der Waals surface area contributed by atoms with Crippen molar-refractivity contribution in [1.82, 2.24) is 5.32 Å². The summed E-state index contributed by atoms with van der Waals surface area (Å²) in [6.07, 6.45) is 2.09. The second-order valence-electron chi connectivity index (χ2n) is 7.29. The number of rotatable bonds is 9. The molecule has 0 aliphatic rings. The Morgan fingerprint density at radius 1 is 1.00 bits per heavy atom. The van der Waals surface area contributed by atoms with E-state index in [9.17, 15) is 14.4 Å². The third-order valence-electron chi connectivity index (χ3n) is 4.79. The van der Waals surface area contributed by atoms with Crippen molar-refractivity contribution >= 4 is 34.4 Å². The number of furan rings is 1. The van der Waals surface area contributed by atoms with E-state index in [1.165, 1.54) is 18.4 Å². The van der Waals surface area contributed by atoms with Crippen LogP contribution < -0.4 is 20.4 Å². The second kappa shape index (κ2) is 10.7. The molecule has 4 rings (SSSR count). The molecule has 0 aliphatic carbocycles. The number of nitrogens with one attached hydrogen (secondary N) is 1. The molecular formula is C25H20ClNO7. The van der Waals surface area contributed by atoms with Crippen LogP contribution in [0.15, 0.2) is 80.6 Å². The summed E-state index contributed by atoms with van der Waals surface area (Å²) in [4.78, 5) is 36.8. The van der Waals surface area contributed by atoms with Crippen LogP contribution in [0.2, 0.25) is 5.02 Å². The SMILES string of the molecule is O=C(CCCOc1ccc(Cl)cc1)Oc1ccc2cc(C(=O)NCc3ccco3)c(=O)oc2c1. The van der Waals surface area contributed by atoms with Gasteiger partial charge in [-0.15, -0.1) is 0 Å². The molecule has 8 nitrogen and oxygen atoms in total. The summed E-state index contributed by atoms with van der Waals surface area (Å²) in [5.41, 5.74) is -0.735. The zero-order valence-electron chi connectivity index (χ0n) is 17.9. The maximum atomic E-state index is 12.3. The highest BCUT2D eigenvalue weighted by atomic mass is 35.5. The highest BCUT2D eigenvalue weighted by Gasteiger charge is 2.15. The van der Waals surface area contributed by atoms with E-state index >= 15 is 0 Å². The number of hydrogen-bond acceptors (Lipinski definition) is 7. The summed E-state index contributed by atoms with van der Waals surface area (Å²) in [5.74, 6) is 0.422. The van der Waals surface area contributed by atoms with Crippen LogP contribution in [0.4, 0.5) is 0 Å². The molecule has 0 spiro atoms. The lowest BCUT2D eigenvalue weighted by Gasteiger charge is -2.08. The Morgan fingerprint density at radius 2 is 1.79 bits per heavy atom. The van der Waals surface area contributed by atoms with Gasteiger partial charge in [0.25, 0.3) is 5.91 Å². The van der Waals surface area contributed by atoms with Gasteiger partial charge in [-0.05, 0) is 61.0 Å². The van der Waals surface area contributed by atoms with E-state index in [2.05, 4.69) is 5.32 Å². The molecule has 4 aromatic rings. The molecule has 0 atom stereocenters. The Hall–Kier alpha value is -4.04. The standard InChI is InChI=1S/C25H20ClNO7/c26-17-6-9-18(10-7-17)31-12-2-4-23(28)33-19-8-5-16-13-21(25(30)34-22(16)14-19)24(29)27-15-20-3-1-11-32-20/h1,3,5-11,13-14H,2,4,12,15H2,(H,27,29). The average molecular weight is 482 g/mol. The molecule has 174 valence electrons. The molecule has 1 amide bonds. The highest BCUT2D eigenvalue weighted by molar-refractivity contribution is 6.30. The number of benzene rings is 2. The van der Waals surface area contributed by atoms with Crippen LogP contribution in [0.25, 0.3) is 11.0 Å². The second-order valence-corrected chi connectivity index (χ2v) is 7.73. The van der Waals surface area contributed by atoms with Crippen LogP contribution in [-0.4, -0.2) is 18.5 Å². The molecule has 0 bridgehead atoms. The summed E-state index contributed by atoms with van der Waals surface area (Å²) in [7, 11) is 0. The van der Waals surface area contributed by atoms with Gasteiger partial charge in [-0.3, -0.25) is 9.59 Å². The zero-order valence-corrected chi connectivity index (χ0v) is 18.7. The maximum Gasteiger partial charge on any atom is 0.349 e. The molecule has 2 aromatic carbocycles. The first kappa shape index (κ1) is 23.1. The van der Waals surface area contributed by atoms with Crippen LogP contribution in [0.5, 0.6) is 11.5 Å². The van der Waals surface area contributed by atoms with E-state index in [0.717, 1.165) is 0 Å². The van der Waals surface area contributed by atoms with Crippen LogP contribution in [0, 0.1) is 0 Å². The van der Waals surface area contributed by atoms with Gasteiger partial charge in [0.15, 0.2) is 0 Å². The molecule has 0 aliphatic heterocycles. The lowest BCUT2D eigenvalue weighted by Crippen LogP contribution is -2.27. The minimum absolute atomic E-state index is 0.135. The Morgan fingerprint density at radius 3 is 2.56 bits per heavy atom. The minimum Gasteiger partial charge on any atom is -0.494 e. The first-order chi connectivity index (χ1) is 16.5. The lowest BCUT2D eigenvalue weighted by molar-refractivity contribution is -0.134. The largest absolute Gasteiger partial charge is 0.494 e. The lowest BCUT2D eigenvalue weighted by atomic mass is 10.1. The molecule has 0 fully saturated rings. The van der Waals surface area contributed by atoms with Crippen molar-refractivity contribution < 1.29 is 27.9 Å². The van der Waals surface area contributed by atoms with Gasteiger partial charge in [-0.2, -0.15) is 0 Å². The minimum atomic E-state index is -0.799. The van der Waals surface area contributed by atoms with Crippen molar-refractivity contribution in [2.45, 2.75) is 19.4 Å². The molecule has 0 saturated carbocycles. The summed E-state index contributed by atoms with van der Waals surface area (Å²) in [6, 6.07) is 16.4. The van der Waals surface area contributed by atoms with Gasteiger partial charge in [0.2, 0.25) is 0 Å². The first-order valence-corrected chi connectivity index (χ1v) is 10.8. The molecule has 1 N–H and O–H groups in total. The van der Waals surface area contributed by atoms with E-state index in [0.29, 0.717) is 34.9 Å². The molecule has 34 heavy (non-hydrogen) atoms. The van der Waals surface area contributed by atoms with Crippen LogP contribution in [0.1, 0.15) is 29.0 Å². The Labute approximate surface area is 199 Å². The number of halogens is 1. The number of hydrogen-bond donors (Lipinski definition) is 1. The fourth-order valence-corrected chi connectivity index (χ4v) is 3.23. The van der Waals surface area contributed by atoms with Crippen molar-refractivity contribution in [1.29, 1.82) is 0 Å². The van der Waals surface area contributed by atoms with Crippen molar-refractivity contribution in [3.63, 3.8) is 0 Å². The number of carbonyl (C=O) groups is 2. The van der Waals surface area contributed by atoms with Gasteiger partial charge in [-0.1, -0.05) is 11.6 Å². The molecular weight excluding hydrogens is 462 g/mol. The topological polar surface area (TPSA) is 108 Å². The summed E-state index contributed by atoms with van der Waals surface area (Å²) in [5, 5.41) is 3.73. The maximum absolute atomic E-state index is 12.3. The smallest absolute Gasteiger partial charge is 0.349 e. The summed E-state index contributed by atoms with van der Waals surface area (Å²) < 4.78 is 21.3. The quantitative estimate of drug-likeness (QED) is 0.159. The van der Waals surface area contributed by atoms with Gasteiger partial charge >= 0.3 is 11.6 Å². The van der Waals surface area contributed by atoms with Crippen molar-refractivity contribution in [2.24, 2.45) is 0 Å². The van der Waals surface area contributed by atoms with Crippen molar-refractivity contribution in [2.75, 3.05) is 6.61 Å². The van der Waals surface area contributed by atoms with E-state index in [1.807, 2.05) is 0 Å². The third-order valence-corrected chi connectivity index (χ3v) is 5.05. The van der Waals surface area contributed by atoms with Crippen molar-refractivity contribution in [3.05, 3.63) is 93.7 Å². The van der Waals surface area contributed by atoms with Crippen LogP contribution in [-0.2, 0) is 11.3 Å². The Kier molecular flexibility index (Phi) is 7.29. The van der Waals surface area contributed by atoms with Gasteiger partial charge in [0.05, 0.1) is 19.4 Å². The van der Waals surface area contributed by atoms with Gasteiger partial charge in [0, 0.05) is 22.9 Å². The number of fused-ring (bicyclic) bond motifs is 1. The normalized spacial score (nSPS) is 10.7. The fourth-order valence-electron chi connectivity index (χ4n) is 3.11. The van der Waals surface area contributed by atoms with Gasteiger partial charge in [0.1, 0.15) is 28.4 Å². The fraction of sp³-hybridized carbons (Fsp3) is 0.160. The van der Waals surface area contributed by atoms with Crippen LogP contribution in [0.3, 0.4) is 0 Å². The van der Waals surface area contributed by atoms with E-state index in [-0.39, 0.29) is 29.9 Å². The van der Waals surface area contributed by atoms with Gasteiger partial charge in [-0.25, -0.2) is 4.79 Å². The van der Waals surface area contributed by atoms with E-state index < -0.39 is 17.5 Å². The summed E-state index contributed by atoms with van der Waals surface area (Å²) in [6.45, 7) is 0.483. The first-order valence-electron chi connectivity index (χ1n) is 10.5. The average Bonchev–Trinajstić information content (AvgIpc) is 3.35. The van der Waals surface area contributed by atoms with Gasteiger partial charge < -0.3 is 23.6 Å². The van der Waals surface area contributed by atoms with E-state index in [4.69, 9.17) is 29.9 Å². The Bertz CT molecular complexity index is 1340. The third kappa shape index (κ3) is 6.05. The number of carbonyl (C=O) groups excluding carboxylic acids is 2. The molecule has 0 radical (unpaired) electrons. The molecule has 2 aromatic heterocycles. The van der Waals surface area contributed by atoms with Crippen LogP contribution >= 0.6 is 11.6 Å². The highest BCUT2D eigenvalue weighted by Crippen LogP contribution is 2.21. The molecule has 2 heterocycles. The Balaban J connectivity index is 1.32. The zero-order chi connectivity index (χ0) is 23.9. The predicted octanol–water partition coefficient (Wildman–Crippen LogP) is 4.73. The predicted molar refractivity (Wildman–Crippen MR) is 124 cm³/mol. The van der Waals surface area contributed by atoms with E-state index in [1.54, 1.807) is 48.5 Å². The molecule has 0 saturated heterocycles. The summed E-state index contributed by atoms with van der Waals surface area (Å²) >= 11 is 5.83. The number of amides is 1. The molecule has 9 heteroatoms. The molecule has 0 unspecified atom stereocenters. The monoisotopic (exact) mass is 481 g/mol. The number of ether oxygens (including phenoxy) is 2. The number of esters is 1. The van der Waals surface area contributed by atoms with Crippen molar-refractivity contribution in [3.8, 4) is 11.5 Å².